The second-order valence-electron chi connectivity index (χ2n) is 4.75. The zero-order chi connectivity index (χ0) is 15.3. The van der Waals surface area contributed by atoms with Crippen molar-refractivity contribution in [3.8, 4) is 0 Å². The van der Waals surface area contributed by atoms with E-state index in [1.807, 2.05) is 0 Å². The first kappa shape index (κ1) is 13.2. The Kier molecular flexibility index (Phi) is 2.76. The number of hydrogen-bond donors (Lipinski definition) is 1. The Bertz CT molecular complexity index is 762. The molecule has 106 valence electrons. The van der Waals surface area contributed by atoms with E-state index >= 15 is 0 Å². The minimum absolute atomic E-state index is 0.152. The van der Waals surface area contributed by atoms with Crippen molar-refractivity contribution >= 4 is 23.2 Å². The number of benzene rings is 2. The van der Waals surface area contributed by atoms with Crippen molar-refractivity contribution in [1.82, 2.24) is 0 Å². The second kappa shape index (κ2) is 4.37. The topological polar surface area (TPSA) is 63.4 Å². The van der Waals surface area contributed by atoms with Crippen LogP contribution in [0, 0.1) is 18.6 Å². The molecule has 6 heteroatoms. The standard InChI is InChI=1S/C15H10F2N2O2/c1-7-12(18)3-2-4-13(7)19-14(20)8-5-10(16)11(17)6-9(8)15(19)21/h2-6H,18H2,1H3. The Morgan fingerprint density at radius 3 is 2.05 bits per heavy atom. The van der Waals surface area contributed by atoms with E-state index in [2.05, 4.69) is 0 Å². The highest BCUT2D eigenvalue weighted by atomic mass is 19.2. The summed E-state index contributed by atoms with van der Waals surface area (Å²) in [7, 11) is 0. The molecule has 2 aromatic rings. The van der Waals surface area contributed by atoms with Crippen molar-refractivity contribution in [2.24, 2.45) is 0 Å². The summed E-state index contributed by atoms with van der Waals surface area (Å²) in [6, 6.07) is 6.28. The van der Waals surface area contributed by atoms with Crippen LogP contribution in [0.2, 0.25) is 0 Å². The molecule has 0 spiro atoms. The third-order valence-corrected chi connectivity index (χ3v) is 3.52. The number of amides is 2. The van der Waals surface area contributed by atoms with E-state index < -0.39 is 23.4 Å². The lowest BCUT2D eigenvalue weighted by Gasteiger charge is -2.17. The van der Waals surface area contributed by atoms with Gasteiger partial charge in [-0.2, -0.15) is 0 Å². The van der Waals surface area contributed by atoms with Crippen LogP contribution in [0.3, 0.4) is 0 Å². The van der Waals surface area contributed by atoms with E-state index in [0.29, 0.717) is 16.9 Å². The van der Waals surface area contributed by atoms with E-state index in [9.17, 15) is 18.4 Å². The molecular weight excluding hydrogens is 278 g/mol. The SMILES string of the molecule is Cc1c(N)cccc1N1C(=O)c2cc(F)c(F)cc2C1=O. The third-order valence-electron chi connectivity index (χ3n) is 3.52. The van der Waals surface area contributed by atoms with Crippen molar-refractivity contribution in [3.05, 3.63) is 58.7 Å². The minimum Gasteiger partial charge on any atom is -0.398 e. The van der Waals surface area contributed by atoms with E-state index in [4.69, 9.17) is 5.73 Å². The number of rotatable bonds is 1. The molecule has 0 unspecified atom stereocenters. The molecule has 1 aliphatic heterocycles. The Balaban J connectivity index is 2.18. The smallest absolute Gasteiger partial charge is 0.266 e. The second-order valence-corrected chi connectivity index (χ2v) is 4.75. The number of carbonyl (C=O) groups is 2. The maximum absolute atomic E-state index is 13.3. The number of anilines is 2. The largest absolute Gasteiger partial charge is 0.398 e. The lowest BCUT2D eigenvalue weighted by Crippen LogP contribution is -2.30. The van der Waals surface area contributed by atoms with Gasteiger partial charge in [-0.05, 0) is 36.8 Å². The molecule has 4 nitrogen and oxygen atoms in total. The minimum atomic E-state index is -1.17. The predicted octanol–water partition coefficient (Wildman–Crippen LogP) is 2.66. The van der Waals surface area contributed by atoms with Gasteiger partial charge in [0.05, 0.1) is 16.8 Å². The van der Waals surface area contributed by atoms with Gasteiger partial charge in [-0.3, -0.25) is 9.59 Å². The van der Waals surface area contributed by atoms with Crippen molar-refractivity contribution in [2.75, 3.05) is 10.6 Å². The fraction of sp³-hybridized carbons (Fsp3) is 0.0667. The van der Waals surface area contributed by atoms with Crippen LogP contribution >= 0.6 is 0 Å². The van der Waals surface area contributed by atoms with Crippen molar-refractivity contribution in [3.63, 3.8) is 0 Å². The van der Waals surface area contributed by atoms with Crippen LogP contribution < -0.4 is 10.6 Å². The highest BCUT2D eigenvalue weighted by Crippen LogP contribution is 2.33. The van der Waals surface area contributed by atoms with Crippen LogP contribution in [0.5, 0.6) is 0 Å². The molecule has 21 heavy (non-hydrogen) atoms. The van der Waals surface area contributed by atoms with E-state index in [-0.39, 0.29) is 11.1 Å². The van der Waals surface area contributed by atoms with E-state index in [1.54, 1.807) is 25.1 Å². The molecule has 2 N–H and O–H groups in total. The number of carbonyl (C=O) groups excluding carboxylic acids is 2. The fourth-order valence-corrected chi connectivity index (χ4v) is 2.34. The molecule has 0 saturated carbocycles. The van der Waals surface area contributed by atoms with Gasteiger partial charge < -0.3 is 5.73 Å². The van der Waals surface area contributed by atoms with Crippen LogP contribution in [0.15, 0.2) is 30.3 Å². The summed E-state index contributed by atoms with van der Waals surface area (Å²) in [4.78, 5) is 25.5. The molecule has 3 rings (SSSR count). The summed E-state index contributed by atoms with van der Waals surface area (Å²) in [5.74, 6) is -3.72. The molecule has 0 bridgehead atoms. The molecule has 0 aliphatic carbocycles. The summed E-state index contributed by atoms with van der Waals surface area (Å²) in [6.45, 7) is 1.66. The van der Waals surface area contributed by atoms with Gasteiger partial charge in [0, 0.05) is 5.69 Å². The van der Waals surface area contributed by atoms with Crippen LogP contribution in [-0.4, -0.2) is 11.8 Å². The van der Waals surface area contributed by atoms with Gasteiger partial charge in [-0.15, -0.1) is 0 Å². The number of fused-ring (bicyclic) bond motifs is 1. The number of halogens is 2. The molecule has 2 aromatic carbocycles. The van der Waals surface area contributed by atoms with Crippen molar-refractivity contribution in [2.45, 2.75) is 6.92 Å². The summed E-state index contributed by atoms with van der Waals surface area (Å²) in [5.41, 5.74) is 6.73. The summed E-state index contributed by atoms with van der Waals surface area (Å²) < 4.78 is 26.5. The first-order chi connectivity index (χ1) is 9.91. The molecule has 0 saturated heterocycles. The number of nitrogens with two attached hydrogens (primary N) is 1. The Hall–Kier alpha value is -2.76. The average Bonchev–Trinajstić information content (AvgIpc) is 2.67. The monoisotopic (exact) mass is 288 g/mol. The molecule has 1 aliphatic rings. The molecule has 1 heterocycles. The number of nitrogen functional groups attached to an aromatic ring is 1. The first-order valence-electron chi connectivity index (χ1n) is 6.14. The Labute approximate surface area is 118 Å². The summed E-state index contributed by atoms with van der Waals surface area (Å²) >= 11 is 0. The van der Waals surface area contributed by atoms with Gasteiger partial charge >= 0.3 is 0 Å². The first-order valence-corrected chi connectivity index (χ1v) is 6.14. The quantitative estimate of drug-likeness (QED) is 0.648. The van der Waals surface area contributed by atoms with E-state index in [1.165, 1.54) is 0 Å². The maximum Gasteiger partial charge on any atom is 0.266 e. The van der Waals surface area contributed by atoms with Gasteiger partial charge in [0.15, 0.2) is 11.6 Å². The molecule has 0 fully saturated rings. The number of hydrogen-bond acceptors (Lipinski definition) is 3. The van der Waals surface area contributed by atoms with Gasteiger partial charge in [0.25, 0.3) is 11.8 Å². The predicted molar refractivity (Wildman–Crippen MR) is 73.1 cm³/mol. The van der Waals surface area contributed by atoms with Gasteiger partial charge in [0.2, 0.25) is 0 Å². The van der Waals surface area contributed by atoms with Gasteiger partial charge in [-0.25, -0.2) is 13.7 Å². The van der Waals surface area contributed by atoms with E-state index in [0.717, 1.165) is 17.0 Å². The summed E-state index contributed by atoms with van der Waals surface area (Å²) in [5, 5.41) is 0. The highest BCUT2D eigenvalue weighted by molar-refractivity contribution is 6.34. The van der Waals surface area contributed by atoms with Crippen molar-refractivity contribution < 1.29 is 18.4 Å². The zero-order valence-corrected chi connectivity index (χ0v) is 11.0. The molecule has 2 amide bonds. The highest BCUT2D eigenvalue weighted by Gasteiger charge is 2.38. The number of nitrogens with zero attached hydrogens (tertiary/aromatic N) is 1. The lowest BCUT2D eigenvalue weighted by molar-refractivity contribution is 0.0926. The van der Waals surface area contributed by atoms with Crippen LogP contribution in [-0.2, 0) is 0 Å². The normalized spacial score (nSPS) is 13.8. The van der Waals surface area contributed by atoms with Gasteiger partial charge in [-0.1, -0.05) is 6.07 Å². The van der Waals surface area contributed by atoms with Crippen LogP contribution in [0.1, 0.15) is 26.3 Å². The third kappa shape index (κ3) is 1.79. The molecular formula is C15H10F2N2O2. The maximum atomic E-state index is 13.3. The van der Waals surface area contributed by atoms with Crippen molar-refractivity contribution in [1.29, 1.82) is 0 Å². The number of imide groups is 1. The average molecular weight is 288 g/mol. The van der Waals surface area contributed by atoms with Crippen LogP contribution in [0.25, 0.3) is 0 Å². The Morgan fingerprint density at radius 1 is 1.00 bits per heavy atom. The van der Waals surface area contributed by atoms with Crippen LogP contribution in [0.4, 0.5) is 20.2 Å². The lowest BCUT2D eigenvalue weighted by atomic mass is 10.1. The van der Waals surface area contributed by atoms with Gasteiger partial charge in [0.1, 0.15) is 0 Å². The zero-order valence-electron chi connectivity index (χ0n) is 11.0. The Morgan fingerprint density at radius 2 is 1.52 bits per heavy atom. The molecule has 0 atom stereocenters. The fourth-order valence-electron chi connectivity index (χ4n) is 2.34. The molecule has 0 aromatic heterocycles. The summed E-state index contributed by atoms with van der Waals surface area (Å²) in [6.07, 6.45) is 0. The molecule has 0 radical (unpaired) electrons.